The second kappa shape index (κ2) is 10.2. The van der Waals surface area contributed by atoms with Crippen LogP contribution >= 0.6 is 0 Å². The highest BCUT2D eigenvalue weighted by Crippen LogP contribution is 2.27. The van der Waals surface area contributed by atoms with E-state index in [1.54, 1.807) is 7.11 Å². The molecule has 1 unspecified atom stereocenters. The fraction of sp³-hybridized carbons (Fsp3) is 0.409. The molecule has 1 N–H and O–H groups in total. The van der Waals surface area contributed by atoms with Crippen LogP contribution in [0, 0.1) is 11.7 Å². The molecule has 1 fully saturated rings. The van der Waals surface area contributed by atoms with Crippen LogP contribution in [0.25, 0.3) is 0 Å². The molecule has 1 aliphatic rings. The van der Waals surface area contributed by atoms with Crippen LogP contribution in [0.2, 0.25) is 0 Å². The second-order valence-electron chi connectivity index (χ2n) is 7.03. The van der Waals surface area contributed by atoms with Crippen molar-refractivity contribution < 1.29 is 18.7 Å². The predicted molar refractivity (Wildman–Crippen MR) is 107 cm³/mol. The van der Waals surface area contributed by atoms with E-state index in [1.165, 1.54) is 23.8 Å². The molecule has 1 saturated heterocycles. The summed E-state index contributed by atoms with van der Waals surface area (Å²) in [7, 11) is 1.58. The molecule has 150 valence electrons. The first-order chi connectivity index (χ1) is 13.7. The lowest BCUT2D eigenvalue weighted by molar-refractivity contribution is -0.121. The molecule has 28 heavy (non-hydrogen) atoms. The van der Waals surface area contributed by atoms with Crippen molar-refractivity contribution >= 4 is 11.6 Å². The van der Waals surface area contributed by atoms with Gasteiger partial charge in [0.15, 0.2) is 0 Å². The molecule has 2 aromatic rings. The lowest BCUT2D eigenvalue weighted by atomic mass is 9.96. The summed E-state index contributed by atoms with van der Waals surface area (Å²) in [5, 5.41) is 2.86. The van der Waals surface area contributed by atoms with E-state index in [9.17, 15) is 9.18 Å². The van der Waals surface area contributed by atoms with Crippen molar-refractivity contribution in [3.8, 4) is 5.75 Å². The summed E-state index contributed by atoms with van der Waals surface area (Å²) in [6.07, 6.45) is 1.79. The summed E-state index contributed by atoms with van der Waals surface area (Å²) in [5.74, 6) is -0.194. The maximum atomic E-state index is 13.7. The van der Waals surface area contributed by atoms with Crippen molar-refractivity contribution in [2.24, 2.45) is 5.92 Å². The Morgan fingerprint density at radius 1 is 1.21 bits per heavy atom. The van der Waals surface area contributed by atoms with Gasteiger partial charge in [0.1, 0.15) is 18.2 Å². The molecule has 1 heterocycles. The normalized spacial score (nSPS) is 17.3. The molecule has 0 spiro atoms. The number of ether oxygens (including phenoxy) is 2. The molecule has 1 atom stereocenters. The van der Waals surface area contributed by atoms with Gasteiger partial charge in [-0.1, -0.05) is 30.3 Å². The summed E-state index contributed by atoms with van der Waals surface area (Å²) >= 11 is 0. The smallest absolute Gasteiger partial charge is 0.228 e. The van der Waals surface area contributed by atoms with Crippen LogP contribution in [-0.2, 0) is 16.1 Å². The maximum Gasteiger partial charge on any atom is 0.228 e. The van der Waals surface area contributed by atoms with Crippen LogP contribution in [-0.4, -0.2) is 44.2 Å². The third-order valence-corrected chi connectivity index (χ3v) is 4.87. The van der Waals surface area contributed by atoms with E-state index >= 15 is 0 Å². The van der Waals surface area contributed by atoms with Crippen molar-refractivity contribution in [2.75, 3.05) is 38.7 Å². The van der Waals surface area contributed by atoms with Gasteiger partial charge in [0.2, 0.25) is 5.91 Å². The van der Waals surface area contributed by atoms with E-state index in [0.29, 0.717) is 31.2 Å². The quantitative estimate of drug-likeness (QED) is 0.703. The fourth-order valence-corrected chi connectivity index (χ4v) is 3.45. The van der Waals surface area contributed by atoms with Crippen LogP contribution in [0.4, 0.5) is 10.1 Å². The number of hydrogen-bond donors (Lipinski definition) is 1. The molecule has 0 bridgehead atoms. The zero-order valence-electron chi connectivity index (χ0n) is 16.2. The number of halogens is 1. The molecule has 1 aliphatic heterocycles. The molecule has 0 aliphatic carbocycles. The topological polar surface area (TPSA) is 50.8 Å². The number of anilines is 1. The SMILES string of the molecule is COCCOc1ccc(F)cc1NC(=O)C1CCCN(Cc2ccccc2)C1. The molecule has 0 saturated carbocycles. The van der Waals surface area contributed by atoms with Crippen molar-refractivity contribution in [3.05, 3.63) is 59.9 Å². The zero-order valence-corrected chi connectivity index (χ0v) is 16.2. The molecule has 6 heteroatoms. The third kappa shape index (κ3) is 5.78. The van der Waals surface area contributed by atoms with Gasteiger partial charge in [-0.25, -0.2) is 4.39 Å². The van der Waals surface area contributed by atoms with Crippen LogP contribution < -0.4 is 10.1 Å². The van der Waals surface area contributed by atoms with Crippen LogP contribution in [0.1, 0.15) is 18.4 Å². The van der Waals surface area contributed by atoms with Gasteiger partial charge in [-0.05, 0) is 37.1 Å². The molecular weight excluding hydrogens is 359 g/mol. The minimum Gasteiger partial charge on any atom is -0.489 e. The van der Waals surface area contributed by atoms with Crippen molar-refractivity contribution in [1.29, 1.82) is 0 Å². The molecule has 3 rings (SSSR count). The van der Waals surface area contributed by atoms with Crippen LogP contribution in [0.5, 0.6) is 5.75 Å². The largest absolute Gasteiger partial charge is 0.489 e. The first-order valence-corrected chi connectivity index (χ1v) is 9.64. The number of likely N-dealkylation sites (tertiary alicyclic amines) is 1. The van der Waals surface area contributed by atoms with Crippen molar-refractivity contribution in [1.82, 2.24) is 4.90 Å². The number of benzene rings is 2. The minimum atomic E-state index is -0.413. The second-order valence-corrected chi connectivity index (χ2v) is 7.03. The Kier molecular flexibility index (Phi) is 7.39. The Hall–Kier alpha value is -2.44. The lowest BCUT2D eigenvalue weighted by Crippen LogP contribution is -2.40. The van der Waals surface area contributed by atoms with E-state index in [0.717, 1.165) is 25.9 Å². The van der Waals surface area contributed by atoms with Gasteiger partial charge in [0.05, 0.1) is 18.2 Å². The summed E-state index contributed by atoms with van der Waals surface area (Å²) in [4.78, 5) is 15.1. The van der Waals surface area contributed by atoms with E-state index in [2.05, 4.69) is 22.3 Å². The standard InChI is InChI=1S/C22H27FN2O3/c1-27-12-13-28-21-10-9-19(23)14-20(21)24-22(26)18-8-5-11-25(16-18)15-17-6-3-2-4-7-17/h2-4,6-7,9-10,14,18H,5,8,11-13,15-16H2,1H3,(H,24,26). The molecule has 0 aromatic heterocycles. The Morgan fingerprint density at radius 2 is 2.04 bits per heavy atom. The van der Waals surface area contributed by atoms with E-state index in [-0.39, 0.29) is 11.8 Å². The monoisotopic (exact) mass is 386 g/mol. The number of hydrogen-bond acceptors (Lipinski definition) is 4. The summed E-state index contributed by atoms with van der Waals surface area (Å²) < 4.78 is 24.3. The van der Waals surface area contributed by atoms with Gasteiger partial charge in [-0.3, -0.25) is 9.69 Å². The van der Waals surface area contributed by atoms with Gasteiger partial charge in [-0.2, -0.15) is 0 Å². The van der Waals surface area contributed by atoms with Crippen LogP contribution in [0.3, 0.4) is 0 Å². The van der Waals surface area contributed by atoms with Crippen LogP contribution in [0.15, 0.2) is 48.5 Å². The van der Waals surface area contributed by atoms with Gasteiger partial charge in [0.25, 0.3) is 0 Å². The highest BCUT2D eigenvalue weighted by atomic mass is 19.1. The first-order valence-electron chi connectivity index (χ1n) is 9.64. The average Bonchev–Trinajstić information content (AvgIpc) is 2.71. The van der Waals surface area contributed by atoms with E-state index in [1.807, 2.05) is 18.2 Å². The van der Waals surface area contributed by atoms with E-state index < -0.39 is 5.82 Å². The van der Waals surface area contributed by atoms with E-state index in [4.69, 9.17) is 9.47 Å². The Bertz CT molecular complexity index is 770. The van der Waals surface area contributed by atoms with Gasteiger partial charge < -0.3 is 14.8 Å². The fourth-order valence-electron chi connectivity index (χ4n) is 3.45. The summed E-state index contributed by atoms with van der Waals surface area (Å²) in [6.45, 7) is 3.25. The number of nitrogens with zero attached hydrogens (tertiary/aromatic N) is 1. The third-order valence-electron chi connectivity index (χ3n) is 4.87. The van der Waals surface area contributed by atoms with Gasteiger partial charge >= 0.3 is 0 Å². The minimum absolute atomic E-state index is 0.0973. The molecular formula is C22H27FN2O3. The number of piperidine rings is 1. The van der Waals surface area contributed by atoms with Gasteiger partial charge in [-0.15, -0.1) is 0 Å². The highest BCUT2D eigenvalue weighted by Gasteiger charge is 2.26. The Balaban J connectivity index is 1.61. The zero-order chi connectivity index (χ0) is 19.8. The number of nitrogens with one attached hydrogen (secondary N) is 1. The Labute approximate surface area is 165 Å². The number of carbonyl (C=O) groups excluding carboxylic acids is 1. The number of carbonyl (C=O) groups is 1. The number of rotatable bonds is 8. The predicted octanol–water partition coefficient (Wildman–Crippen LogP) is 3.70. The molecule has 2 aromatic carbocycles. The summed E-state index contributed by atoms with van der Waals surface area (Å²) in [5.41, 5.74) is 1.60. The molecule has 1 amide bonds. The number of amides is 1. The Morgan fingerprint density at radius 3 is 2.82 bits per heavy atom. The van der Waals surface area contributed by atoms with Gasteiger partial charge in [0, 0.05) is 26.3 Å². The highest BCUT2D eigenvalue weighted by molar-refractivity contribution is 5.94. The first kappa shape index (κ1) is 20.3. The van der Waals surface area contributed by atoms with Crippen molar-refractivity contribution in [3.63, 3.8) is 0 Å². The lowest BCUT2D eigenvalue weighted by Gasteiger charge is -2.32. The molecule has 5 nitrogen and oxygen atoms in total. The van der Waals surface area contributed by atoms with Crippen molar-refractivity contribution in [2.45, 2.75) is 19.4 Å². The number of methoxy groups -OCH3 is 1. The maximum absolute atomic E-state index is 13.7. The summed E-state index contributed by atoms with van der Waals surface area (Å²) in [6, 6.07) is 14.4. The average molecular weight is 386 g/mol. The molecule has 0 radical (unpaired) electrons.